The molecule has 0 atom stereocenters. The summed E-state index contributed by atoms with van der Waals surface area (Å²) < 4.78 is 62.2. The van der Waals surface area contributed by atoms with E-state index in [2.05, 4.69) is 151 Å². The number of carbonyl (C=O) groups is 3. The van der Waals surface area contributed by atoms with Crippen LogP contribution in [0.3, 0.4) is 0 Å². The molecule has 126 heavy (non-hydrogen) atoms. The van der Waals surface area contributed by atoms with Gasteiger partial charge in [-0.15, -0.1) is 0 Å². The number of aromatic amines is 1. The van der Waals surface area contributed by atoms with Crippen LogP contribution in [0.25, 0.3) is 68.3 Å². The monoisotopic (exact) mass is 1780 g/mol. The Morgan fingerprint density at radius 1 is 0.460 bits per heavy atom. The number of anilines is 6. The number of ether oxygens (including phenoxy) is 2. The molecule has 3 aliphatic heterocycles. The second kappa shape index (κ2) is 44.0. The van der Waals surface area contributed by atoms with E-state index >= 15 is 0 Å². The Labute approximate surface area is 783 Å². The molecule has 33 heteroatoms. The minimum Gasteiger partial charge on any atom is -1.00 e. The first-order chi connectivity index (χ1) is 59.7. The maximum Gasteiger partial charge on any atom is 1.00 e. The average molecular weight is 1780 g/mol. The summed E-state index contributed by atoms with van der Waals surface area (Å²) in [5.74, 6) is -1.10. The molecule has 0 unspecified atom stereocenters. The van der Waals surface area contributed by atoms with Crippen LogP contribution in [0.2, 0.25) is 51.4 Å². The largest absolute Gasteiger partial charge is 1.00 e. The minimum absolute atomic E-state index is 0. The molecule has 6 aromatic carbocycles. The molecule has 12 aromatic rings. The van der Waals surface area contributed by atoms with Crippen molar-refractivity contribution in [1.29, 1.82) is 0 Å². The first kappa shape index (κ1) is 96.5. The van der Waals surface area contributed by atoms with Crippen LogP contribution in [0.5, 0.6) is 0 Å². The number of nitrogen functional groups attached to an aromatic ring is 1. The van der Waals surface area contributed by atoms with Gasteiger partial charge in [-0.05, 0) is 220 Å². The third-order valence-electron chi connectivity index (χ3n) is 22.1. The summed E-state index contributed by atoms with van der Waals surface area (Å²) >= 11 is 0. The standard InChI is InChI=1S/C33H44FN7O2Si.C27H30FN7O.C22H29FN4O3Si.C11H17N3.K.H/c1-24(2)41-22-35-30(25-7-9-26(34)10-8-25)31(41)32-37-29(21-40(32)23-43-19-20-44(4,5)6)33(42)36-27-11-13-28(14-12-27)39-17-15-38(3)16-18-39;1-18(2)35-17-30-24(19-4-6-20(28)7-5-19)25(35)26-29-16-23(32-26)27(36)31-21-8-10-22(11-9-21)34-14-12-33(3)13-15-34;1-15(2)27-13-24-19(16-6-8-17(23)9-7-16)20(27)21-25-18(22(28)29)12-26(21)14-30-10-11-31(3,4)5;1-13-6-8-14(9-7-13)11-4-2-10(12)3-5-11;;/h7-14,21-22,24H,15-20,23H2,1-6H3,(H,36,42);4-11,16-18H,12-15H2,1-3H3,(H,29,32)(H,31,36);6-9,12-13,15H,10-11,14H2,1-5H3,(H,28,29);2-5H,6-9,12H2,1H3;;/q;;;;+1;-1. The van der Waals surface area contributed by atoms with Gasteiger partial charge in [-0.25, -0.2) is 47.9 Å². The molecular weight excluding hydrogens is 1660 g/mol. The van der Waals surface area contributed by atoms with Crippen LogP contribution in [0.4, 0.5) is 47.3 Å². The number of rotatable bonds is 27. The molecule has 27 nitrogen and oxygen atoms in total. The van der Waals surface area contributed by atoms with Gasteiger partial charge in [0, 0.05) is 189 Å². The zero-order chi connectivity index (χ0) is 89.4. The molecule has 6 N–H and O–H groups in total. The maximum atomic E-state index is 13.8. The molecule has 0 saturated carbocycles. The molecule has 0 spiro atoms. The summed E-state index contributed by atoms with van der Waals surface area (Å²) in [4.78, 5) is 82.9. The molecule has 3 saturated heterocycles. The van der Waals surface area contributed by atoms with Gasteiger partial charge < -0.3 is 89.6 Å². The molecule has 6 aromatic heterocycles. The number of amides is 2. The Hall–Kier alpha value is -10.1. The van der Waals surface area contributed by atoms with Crippen LogP contribution < -0.4 is 82.5 Å². The third-order valence-corrected chi connectivity index (χ3v) is 25.5. The van der Waals surface area contributed by atoms with Crippen molar-refractivity contribution >= 4 is 68.1 Å². The van der Waals surface area contributed by atoms with Crippen molar-refractivity contribution in [3.05, 3.63) is 218 Å². The molecular formula is C93H121F3KN21O6Si2. The summed E-state index contributed by atoms with van der Waals surface area (Å²) in [6.07, 6.45) is 9.95. The first-order valence-electron chi connectivity index (χ1n) is 42.8. The van der Waals surface area contributed by atoms with Crippen LogP contribution in [-0.2, 0) is 22.9 Å². The van der Waals surface area contributed by atoms with Gasteiger partial charge in [0.05, 0.1) is 42.3 Å². The summed E-state index contributed by atoms with van der Waals surface area (Å²) in [5.41, 5.74) is 18.4. The molecule has 2 amide bonds. The zero-order valence-corrected chi connectivity index (χ0v) is 80.7. The normalized spacial score (nSPS) is 14.2. The molecule has 0 aliphatic carbocycles. The van der Waals surface area contributed by atoms with Crippen molar-refractivity contribution in [2.24, 2.45) is 0 Å². The second-order valence-corrected chi connectivity index (χ2v) is 46.5. The number of hydrogen-bond acceptors (Lipinski definition) is 18. The number of carboxylic acid groups (broad SMARTS) is 1. The number of aromatic carboxylic acids is 1. The Morgan fingerprint density at radius 2 is 0.786 bits per heavy atom. The Morgan fingerprint density at radius 3 is 1.13 bits per heavy atom. The Kier molecular flexibility index (Phi) is 33.7. The number of benzene rings is 6. The van der Waals surface area contributed by atoms with Crippen LogP contribution >= 0.6 is 0 Å². The van der Waals surface area contributed by atoms with Gasteiger partial charge in [-0.1, -0.05) is 39.3 Å². The van der Waals surface area contributed by atoms with Crippen molar-refractivity contribution in [2.75, 3.05) is 144 Å². The molecule has 0 radical (unpaired) electrons. The number of imidazole rings is 6. The number of carboxylic acids is 1. The molecule has 0 bridgehead atoms. The van der Waals surface area contributed by atoms with Crippen LogP contribution in [0.1, 0.15) is 92.6 Å². The smallest absolute Gasteiger partial charge is 1.00 e. The number of likely N-dealkylation sites (N-methyl/N-ethyl adjacent to an activating group) is 3. The minimum atomic E-state index is -1.28. The van der Waals surface area contributed by atoms with E-state index in [0.717, 1.165) is 136 Å². The molecule has 15 rings (SSSR count). The van der Waals surface area contributed by atoms with Gasteiger partial charge in [0.25, 0.3) is 11.8 Å². The van der Waals surface area contributed by atoms with Gasteiger partial charge in [-0.3, -0.25) is 9.59 Å². The number of H-pyrrole nitrogens is 1. The van der Waals surface area contributed by atoms with Gasteiger partial charge in [0.1, 0.15) is 59.4 Å². The maximum absolute atomic E-state index is 13.8. The van der Waals surface area contributed by atoms with Crippen LogP contribution in [0.15, 0.2) is 183 Å². The summed E-state index contributed by atoms with van der Waals surface area (Å²) in [6.45, 7) is 40.3. The Balaban J connectivity index is 0.000000185. The van der Waals surface area contributed by atoms with Crippen LogP contribution in [-0.4, -0.2) is 224 Å². The fraction of sp³-hybridized carbons (Fsp3) is 0.387. The number of halogens is 3. The van der Waals surface area contributed by atoms with Crippen LogP contribution in [0, 0.1) is 17.5 Å². The number of piperazine rings is 3. The quantitative estimate of drug-likeness (QED) is 0.0182. The molecule has 664 valence electrons. The number of aromatic nitrogens is 12. The predicted octanol–water partition coefficient (Wildman–Crippen LogP) is 14.4. The fourth-order valence-electron chi connectivity index (χ4n) is 14.4. The zero-order valence-electron chi connectivity index (χ0n) is 76.6. The van der Waals surface area contributed by atoms with Crippen molar-refractivity contribution in [2.45, 2.75) is 124 Å². The molecule has 3 aliphatic rings. The topological polar surface area (TPSA) is 277 Å². The van der Waals surface area contributed by atoms with E-state index < -0.39 is 22.1 Å². The first-order valence-corrected chi connectivity index (χ1v) is 50.2. The van der Waals surface area contributed by atoms with Crippen molar-refractivity contribution in [3.8, 4) is 68.3 Å². The number of carbonyl (C=O) groups excluding carboxylic acids is 2. The van der Waals surface area contributed by atoms with Crippen molar-refractivity contribution in [1.82, 2.24) is 72.4 Å². The molecule has 3 fully saturated rings. The van der Waals surface area contributed by atoms with E-state index in [1.54, 1.807) is 66.1 Å². The summed E-state index contributed by atoms with van der Waals surface area (Å²) in [6, 6.07) is 44.8. The number of nitrogens with zero attached hydrogens (tertiary/aromatic N) is 17. The van der Waals surface area contributed by atoms with E-state index in [-0.39, 0.29) is 125 Å². The summed E-state index contributed by atoms with van der Waals surface area (Å²) in [7, 11) is 3.92. The molecule has 9 heterocycles. The van der Waals surface area contributed by atoms with Gasteiger partial charge >= 0.3 is 57.4 Å². The number of hydrogen-bond donors (Lipinski definition) is 5. The average Bonchev–Trinajstić information content (AvgIpc) is 1.64. The van der Waals surface area contributed by atoms with Crippen molar-refractivity contribution < 1.29 is 94.9 Å². The van der Waals surface area contributed by atoms with Gasteiger partial charge in [0.15, 0.2) is 23.2 Å². The summed E-state index contributed by atoms with van der Waals surface area (Å²) in [5, 5.41) is 15.5. The predicted molar refractivity (Wildman–Crippen MR) is 499 cm³/mol. The third kappa shape index (κ3) is 26.1. The SMILES string of the molecule is CC(C)n1cnc(-c2ccc(F)cc2)c1-c1nc(C(=O)Nc2ccc(N3CCN(C)CC3)cc2)cn1COCC[Si](C)(C)C.CC(C)n1cnc(-c2ccc(F)cc2)c1-c1nc(C(=O)O)cn1COCC[Si](C)(C)C.CC(C)n1cnc(-c2ccc(F)cc2)c1-c1ncc(C(=O)Nc2ccc(N3CCN(C)CC3)cc2)[nH]1.CN1CCN(c2ccc(N)cc2)CC1.[H-].[K+]. The van der Waals surface area contributed by atoms with Gasteiger partial charge in [-0.2, -0.15) is 0 Å². The van der Waals surface area contributed by atoms with E-state index in [1.807, 2.05) is 107 Å². The van der Waals surface area contributed by atoms with E-state index in [1.165, 1.54) is 54.5 Å². The van der Waals surface area contributed by atoms with Crippen molar-refractivity contribution in [3.63, 3.8) is 0 Å². The van der Waals surface area contributed by atoms with E-state index in [4.69, 9.17) is 25.2 Å². The Bertz CT molecular complexity index is 5510. The second-order valence-electron chi connectivity index (χ2n) is 35.3. The number of nitrogens with one attached hydrogen (secondary N) is 3. The fourth-order valence-corrected chi connectivity index (χ4v) is 15.9. The van der Waals surface area contributed by atoms with Gasteiger partial charge in [0.2, 0.25) is 0 Å². The van der Waals surface area contributed by atoms with E-state index in [9.17, 15) is 32.7 Å². The number of nitrogens with two attached hydrogens (primary N) is 1. The van der Waals surface area contributed by atoms with E-state index in [0.29, 0.717) is 70.5 Å².